The van der Waals surface area contributed by atoms with Crippen molar-refractivity contribution in [3.8, 4) is 0 Å². The van der Waals surface area contributed by atoms with Crippen LogP contribution in [0.15, 0.2) is 48.5 Å². The highest BCUT2D eigenvalue weighted by atomic mass is 19.4. The number of halogens is 6. The molecule has 7 heteroatoms. The highest BCUT2D eigenvalue weighted by Crippen LogP contribution is 2.37. The fourth-order valence-corrected chi connectivity index (χ4v) is 2.23. The fraction of sp³-hybridized carbons (Fsp3) is 0.294. The van der Waals surface area contributed by atoms with Crippen LogP contribution in [0.3, 0.4) is 0 Å². The number of hydrogen-bond acceptors (Lipinski definition) is 1. The summed E-state index contributed by atoms with van der Waals surface area (Å²) in [4.78, 5) is 0. The quantitative estimate of drug-likeness (QED) is 0.535. The van der Waals surface area contributed by atoms with E-state index in [4.69, 9.17) is 0 Å². The van der Waals surface area contributed by atoms with Gasteiger partial charge in [0.1, 0.15) is 0 Å². The summed E-state index contributed by atoms with van der Waals surface area (Å²) in [6.07, 6.45) is -8.40. The predicted molar refractivity (Wildman–Crippen MR) is 79.7 cm³/mol. The standard InChI is InChI=1S/C17H15F6N/c18-16(19,20)13-9-14(17(21,22)23)11-15(10-13)24-8-4-7-12-5-2-1-3-6-12/h1-3,5-6,9-11,24H,4,7-8H2. The van der Waals surface area contributed by atoms with Gasteiger partial charge in [-0.05, 0) is 36.6 Å². The molecule has 2 aromatic carbocycles. The molecule has 0 radical (unpaired) electrons. The van der Waals surface area contributed by atoms with Crippen molar-refractivity contribution >= 4 is 5.69 Å². The minimum absolute atomic E-state index is 0.120. The van der Waals surface area contributed by atoms with Crippen molar-refractivity contribution < 1.29 is 26.3 Å². The van der Waals surface area contributed by atoms with E-state index in [1.54, 1.807) is 0 Å². The Hall–Kier alpha value is -2.18. The molecule has 1 nitrogen and oxygen atoms in total. The van der Waals surface area contributed by atoms with Crippen molar-refractivity contribution in [3.63, 3.8) is 0 Å². The number of benzene rings is 2. The van der Waals surface area contributed by atoms with Crippen LogP contribution in [0.25, 0.3) is 0 Å². The summed E-state index contributed by atoms with van der Waals surface area (Å²) in [7, 11) is 0. The number of alkyl halides is 6. The van der Waals surface area contributed by atoms with Crippen LogP contribution in [0.1, 0.15) is 23.1 Å². The highest BCUT2D eigenvalue weighted by molar-refractivity contribution is 5.50. The number of hydrogen-bond donors (Lipinski definition) is 1. The monoisotopic (exact) mass is 347 g/mol. The SMILES string of the molecule is FC(F)(F)c1cc(NCCCc2ccccc2)cc(C(F)(F)F)c1. The topological polar surface area (TPSA) is 12.0 Å². The lowest BCUT2D eigenvalue weighted by Gasteiger charge is -2.15. The fourth-order valence-electron chi connectivity index (χ4n) is 2.23. The summed E-state index contributed by atoms with van der Waals surface area (Å²) in [5.74, 6) is 0. The maximum Gasteiger partial charge on any atom is 0.416 e. The van der Waals surface area contributed by atoms with E-state index >= 15 is 0 Å². The van der Waals surface area contributed by atoms with Crippen molar-refractivity contribution in [2.24, 2.45) is 0 Å². The van der Waals surface area contributed by atoms with Crippen LogP contribution in [0.2, 0.25) is 0 Å². The van der Waals surface area contributed by atoms with Crippen LogP contribution in [-0.2, 0) is 18.8 Å². The average Bonchev–Trinajstić information content (AvgIpc) is 2.51. The van der Waals surface area contributed by atoms with Crippen LogP contribution in [-0.4, -0.2) is 6.54 Å². The van der Waals surface area contributed by atoms with Crippen LogP contribution >= 0.6 is 0 Å². The lowest BCUT2D eigenvalue weighted by Crippen LogP contribution is -2.13. The third-order valence-electron chi connectivity index (χ3n) is 3.40. The van der Waals surface area contributed by atoms with Gasteiger partial charge >= 0.3 is 12.4 Å². The first kappa shape index (κ1) is 18.2. The predicted octanol–water partition coefficient (Wildman–Crippen LogP) is 5.77. The Kier molecular flexibility index (Phi) is 5.41. The highest BCUT2D eigenvalue weighted by Gasteiger charge is 2.36. The van der Waals surface area contributed by atoms with Crippen LogP contribution in [0.4, 0.5) is 32.0 Å². The van der Waals surface area contributed by atoms with E-state index in [-0.39, 0.29) is 18.3 Å². The molecule has 0 aliphatic heterocycles. The normalized spacial score (nSPS) is 12.2. The van der Waals surface area contributed by atoms with Crippen molar-refractivity contribution in [2.45, 2.75) is 25.2 Å². The van der Waals surface area contributed by atoms with Gasteiger partial charge in [-0.15, -0.1) is 0 Å². The summed E-state index contributed by atoms with van der Waals surface area (Å²) in [5.41, 5.74) is -1.77. The van der Waals surface area contributed by atoms with Gasteiger partial charge in [-0.1, -0.05) is 30.3 Å². The first-order chi connectivity index (χ1) is 11.2. The molecule has 0 bridgehead atoms. The lowest BCUT2D eigenvalue weighted by atomic mass is 10.1. The second kappa shape index (κ2) is 7.15. The maximum atomic E-state index is 12.8. The van der Waals surface area contributed by atoms with Crippen LogP contribution in [0, 0.1) is 0 Å². The van der Waals surface area contributed by atoms with Gasteiger partial charge in [0.2, 0.25) is 0 Å². The molecule has 0 fully saturated rings. The molecule has 0 spiro atoms. The van der Waals surface area contributed by atoms with Gasteiger partial charge in [0.15, 0.2) is 0 Å². The second-order valence-corrected chi connectivity index (χ2v) is 5.31. The summed E-state index contributed by atoms with van der Waals surface area (Å²) in [6.45, 7) is 0.271. The minimum Gasteiger partial charge on any atom is -0.385 e. The van der Waals surface area contributed by atoms with Gasteiger partial charge in [0.25, 0.3) is 0 Å². The van der Waals surface area contributed by atoms with Gasteiger partial charge in [-0.2, -0.15) is 26.3 Å². The van der Waals surface area contributed by atoms with E-state index in [9.17, 15) is 26.3 Å². The van der Waals surface area contributed by atoms with Crippen molar-refractivity contribution in [3.05, 3.63) is 65.2 Å². The second-order valence-electron chi connectivity index (χ2n) is 5.31. The molecule has 2 rings (SSSR count). The molecule has 0 saturated heterocycles. The Bertz CT molecular complexity index is 629. The molecule has 0 heterocycles. The van der Waals surface area contributed by atoms with Crippen molar-refractivity contribution in [1.82, 2.24) is 0 Å². The number of aryl methyl sites for hydroxylation is 1. The van der Waals surface area contributed by atoms with Gasteiger partial charge < -0.3 is 5.32 Å². The molecule has 0 amide bonds. The molecule has 1 N–H and O–H groups in total. The molecule has 0 saturated carbocycles. The Morgan fingerprint density at radius 3 is 1.79 bits per heavy atom. The largest absolute Gasteiger partial charge is 0.416 e. The molecule has 130 valence electrons. The first-order valence-corrected chi connectivity index (χ1v) is 7.23. The number of anilines is 1. The molecular weight excluding hydrogens is 332 g/mol. The third kappa shape index (κ3) is 5.18. The summed E-state index contributed by atoms with van der Waals surface area (Å²) < 4.78 is 76.5. The van der Waals surface area contributed by atoms with Crippen LogP contribution in [0.5, 0.6) is 0 Å². The summed E-state index contributed by atoms with van der Waals surface area (Å²) in [6, 6.07) is 10.9. The van der Waals surface area contributed by atoms with E-state index in [1.807, 2.05) is 30.3 Å². The minimum atomic E-state index is -4.83. The number of nitrogens with one attached hydrogen (secondary N) is 1. The van der Waals surface area contributed by atoms with Gasteiger partial charge in [-0.3, -0.25) is 0 Å². The Balaban J connectivity index is 2.06. The summed E-state index contributed by atoms with van der Waals surface area (Å²) >= 11 is 0. The molecule has 2 aromatic rings. The van der Waals surface area contributed by atoms with Gasteiger partial charge in [0, 0.05) is 12.2 Å². The van der Waals surface area contributed by atoms with E-state index in [0.29, 0.717) is 25.0 Å². The van der Waals surface area contributed by atoms with Gasteiger partial charge in [0.05, 0.1) is 11.1 Å². The Labute approximate surface area is 135 Å². The molecule has 0 aliphatic rings. The van der Waals surface area contributed by atoms with E-state index in [0.717, 1.165) is 5.56 Å². The van der Waals surface area contributed by atoms with E-state index in [1.165, 1.54) is 0 Å². The molecular formula is C17H15F6N. The summed E-state index contributed by atoms with van der Waals surface area (Å²) in [5, 5.41) is 2.64. The van der Waals surface area contributed by atoms with Crippen molar-refractivity contribution in [2.75, 3.05) is 11.9 Å². The maximum absolute atomic E-state index is 12.8. The molecule has 0 aromatic heterocycles. The Morgan fingerprint density at radius 2 is 1.29 bits per heavy atom. The zero-order chi connectivity index (χ0) is 17.8. The zero-order valence-electron chi connectivity index (χ0n) is 12.5. The van der Waals surface area contributed by atoms with Crippen molar-refractivity contribution in [1.29, 1.82) is 0 Å². The third-order valence-corrected chi connectivity index (χ3v) is 3.40. The molecule has 0 aliphatic carbocycles. The smallest absolute Gasteiger partial charge is 0.385 e. The lowest BCUT2D eigenvalue weighted by molar-refractivity contribution is -0.143. The molecule has 0 unspecified atom stereocenters. The van der Waals surface area contributed by atoms with Gasteiger partial charge in [-0.25, -0.2) is 0 Å². The van der Waals surface area contributed by atoms with E-state index < -0.39 is 23.5 Å². The number of rotatable bonds is 5. The zero-order valence-corrected chi connectivity index (χ0v) is 12.5. The molecule has 0 atom stereocenters. The van der Waals surface area contributed by atoms with Crippen LogP contribution < -0.4 is 5.32 Å². The Morgan fingerprint density at radius 1 is 0.750 bits per heavy atom. The van der Waals surface area contributed by atoms with E-state index in [2.05, 4.69) is 5.32 Å². The average molecular weight is 347 g/mol. The first-order valence-electron chi connectivity index (χ1n) is 7.23. The molecule has 24 heavy (non-hydrogen) atoms.